The molecular formula is C17H28. The first kappa shape index (κ1) is 14.3. The van der Waals surface area contributed by atoms with Crippen LogP contribution in [0.4, 0.5) is 0 Å². The molecule has 1 unspecified atom stereocenters. The largest absolute Gasteiger partial charge is 0.0654 e. The van der Waals surface area contributed by atoms with Gasteiger partial charge in [-0.2, -0.15) is 0 Å². The highest BCUT2D eigenvalue weighted by atomic mass is 14.3. The van der Waals surface area contributed by atoms with Gasteiger partial charge >= 0.3 is 0 Å². The van der Waals surface area contributed by atoms with Crippen molar-refractivity contribution in [2.24, 2.45) is 5.92 Å². The van der Waals surface area contributed by atoms with Crippen molar-refractivity contribution in [3.63, 3.8) is 0 Å². The highest BCUT2D eigenvalue weighted by Crippen LogP contribution is 2.35. The van der Waals surface area contributed by atoms with Gasteiger partial charge in [-0.3, -0.25) is 0 Å². The molecule has 0 spiro atoms. The minimum atomic E-state index is 0.356. The van der Waals surface area contributed by atoms with Gasteiger partial charge in [-0.05, 0) is 41.7 Å². The highest BCUT2D eigenvalue weighted by Gasteiger charge is 2.26. The zero-order valence-corrected chi connectivity index (χ0v) is 12.2. The summed E-state index contributed by atoms with van der Waals surface area (Å²) in [7, 11) is 0. The standard InChI is InChI=1S/C17H28/c1-6-12-17(5,13-14(3)4)16-10-8-15(7-2)9-11-16/h8-11,14H,6-7,12-13H2,1-5H3. The van der Waals surface area contributed by atoms with E-state index in [1.807, 2.05) is 0 Å². The molecule has 0 heterocycles. The average Bonchev–Trinajstić information content (AvgIpc) is 2.28. The summed E-state index contributed by atoms with van der Waals surface area (Å²) in [6.07, 6.45) is 4.97. The Hall–Kier alpha value is -0.780. The SMILES string of the molecule is CCCC(C)(CC(C)C)c1ccc(CC)cc1. The van der Waals surface area contributed by atoms with Crippen molar-refractivity contribution >= 4 is 0 Å². The summed E-state index contributed by atoms with van der Waals surface area (Å²) in [5.41, 5.74) is 3.32. The van der Waals surface area contributed by atoms with E-state index in [9.17, 15) is 0 Å². The number of rotatable bonds is 6. The van der Waals surface area contributed by atoms with Crippen molar-refractivity contribution in [3.8, 4) is 0 Å². The van der Waals surface area contributed by atoms with Crippen LogP contribution in [0.3, 0.4) is 0 Å². The van der Waals surface area contributed by atoms with E-state index >= 15 is 0 Å². The number of hydrogen-bond acceptors (Lipinski definition) is 0. The highest BCUT2D eigenvalue weighted by molar-refractivity contribution is 5.28. The maximum absolute atomic E-state index is 2.43. The van der Waals surface area contributed by atoms with Crippen molar-refractivity contribution in [2.75, 3.05) is 0 Å². The van der Waals surface area contributed by atoms with E-state index in [4.69, 9.17) is 0 Å². The molecule has 0 amide bonds. The first-order valence-electron chi connectivity index (χ1n) is 7.11. The van der Waals surface area contributed by atoms with Gasteiger partial charge in [0.15, 0.2) is 0 Å². The lowest BCUT2D eigenvalue weighted by molar-refractivity contribution is 0.342. The van der Waals surface area contributed by atoms with Gasteiger partial charge in [0.2, 0.25) is 0 Å². The Balaban J connectivity index is 2.95. The molecule has 0 fully saturated rings. The fourth-order valence-electron chi connectivity index (χ4n) is 2.96. The van der Waals surface area contributed by atoms with Crippen LogP contribution >= 0.6 is 0 Å². The number of aryl methyl sites for hydroxylation is 1. The fourth-order valence-corrected chi connectivity index (χ4v) is 2.96. The van der Waals surface area contributed by atoms with Gasteiger partial charge in [-0.1, -0.05) is 65.3 Å². The molecule has 0 N–H and O–H groups in total. The third kappa shape index (κ3) is 3.87. The van der Waals surface area contributed by atoms with Crippen molar-refractivity contribution in [1.82, 2.24) is 0 Å². The van der Waals surface area contributed by atoms with Crippen LogP contribution < -0.4 is 0 Å². The lowest BCUT2D eigenvalue weighted by atomic mass is 9.73. The van der Waals surface area contributed by atoms with E-state index in [2.05, 4.69) is 58.9 Å². The Bertz CT molecular complexity index is 320. The quantitative estimate of drug-likeness (QED) is 0.620. The Morgan fingerprint density at radius 2 is 1.65 bits per heavy atom. The van der Waals surface area contributed by atoms with E-state index < -0.39 is 0 Å². The Morgan fingerprint density at radius 3 is 2.06 bits per heavy atom. The van der Waals surface area contributed by atoms with Crippen LogP contribution in [0.15, 0.2) is 24.3 Å². The minimum absolute atomic E-state index is 0.356. The monoisotopic (exact) mass is 232 g/mol. The first-order chi connectivity index (χ1) is 8.01. The number of hydrogen-bond donors (Lipinski definition) is 0. The molecule has 0 aliphatic carbocycles. The second-order valence-corrected chi connectivity index (χ2v) is 5.96. The van der Waals surface area contributed by atoms with Crippen molar-refractivity contribution in [3.05, 3.63) is 35.4 Å². The van der Waals surface area contributed by atoms with Crippen LogP contribution in [0.1, 0.15) is 65.0 Å². The van der Waals surface area contributed by atoms with E-state index in [0.29, 0.717) is 5.41 Å². The predicted molar refractivity (Wildman–Crippen MR) is 77.5 cm³/mol. The normalized spacial score (nSPS) is 14.9. The molecule has 96 valence electrons. The van der Waals surface area contributed by atoms with Crippen LogP contribution in [0.25, 0.3) is 0 Å². The van der Waals surface area contributed by atoms with Crippen molar-refractivity contribution in [2.45, 2.75) is 65.7 Å². The van der Waals surface area contributed by atoms with E-state index in [-0.39, 0.29) is 0 Å². The van der Waals surface area contributed by atoms with Gasteiger partial charge in [0, 0.05) is 0 Å². The van der Waals surface area contributed by atoms with Crippen LogP contribution in [-0.4, -0.2) is 0 Å². The molecule has 0 radical (unpaired) electrons. The molecule has 0 aromatic heterocycles. The van der Waals surface area contributed by atoms with Gasteiger partial charge in [0.25, 0.3) is 0 Å². The molecule has 1 rings (SSSR count). The topological polar surface area (TPSA) is 0 Å². The third-order valence-corrected chi connectivity index (χ3v) is 3.72. The summed E-state index contributed by atoms with van der Waals surface area (Å²) in [4.78, 5) is 0. The molecule has 1 aromatic rings. The fraction of sp³-hybridized carbons (Fsp3) is 0.647. The zero-order valence-electron chi connectivity index (χ0n) is 12.2. The van der Waals surface area contributed by atoms with E-state index in [1.165, 1.54) is 30.4 Å². The Morgan fingerprint density at radius 1 is 1.06 bits per heavy atom. The average molecular weight is 232 g/mol. The van der Waals surface area contributed by atoms with Gasteiger partial charge in [-0.25, -0.2) is 0 Å². The van der Waals surface area contributed by atoms with E-state index in [0.717, 1.165) is 12.3 Å². The van der Waals surface area contributed by atoms with Crippen LogP contribution in [0.2, 0.25) is 0 Å². The summed E-state index contributed by atoms with van der Waals surface area (Å²) in [6.45, 7) is 11.6. The molecule has 0 saturated heterocycles. The van der Waals surface area contributed by atoms with Crippen molar-refractivity contribution < 1.29 is 0 Å². The first-order valence-corrected chi connectivity index (χ1v) is 7.11. The molecule has 17 heavy (non-hydrogen) atoms. The van der Waals surface area contributed by atoms with E-state index in [1.54, 1.807) is 0 Å². The molecule has 0 nitrogen and oxygen atoms in total. The van der Waals surface area contributed by atoms with Crippen LogP contribution in [0.5, 0.6) is 0 Å². The maximum atomic E-state index is 2.43. The molecular weight excluding hydrogens is 204 g/mol. The Kier molecular flexibility index (Phi) is 5.24. The van der Waals surface area contributed by atoms with Crippen LogP contribution in [0, 0.1) is 5.92 Å². The van der Waals surface area contributed by atoms with Crippen molar-refractivity contribution in [1.29, 1.82) is 0 Å². The minimum Gasteiger partial charge on any atom is -0.0654 e. The summed E-state index contributed by atoms with van der Waals surface area (Å²) in [5.74, 6) is 0.761. The van der Waals surface area contributed by atoms with Gasteiger partial charge < -0.3 is 0 Å². The summed E-state index contributed by atoms with van der Waals surface area (Å²) >= 11 is 0. The molecule has 0 aliphatic rings. The second-order valence-electron chi connectivity index (χ2n) is 5.96. The molecule has 0 bridgehead atoms. The summed E-state index contributed by atoms with van der Waals surface area (Å²) in [6, 6.07) is 9.28. The summed E-state index contributed by atoms with van der Waals surface area (Å²) < 4.78 is 0. The maximum Gasteiger partial charge on any atom is -0.00729 e. The smallest absolute Gasteiger partial charge is 0.00729 e. The number of benzene rings is 1. The molecule has 0 aliphatic heterocycles. The van der Waals surface area contributed by atoms with Crippen LogP contribution in [-0.2, 0) is 11.8 Å². The predicted octanol–water partition coefficient (Wildman–Crippen LogP) is 5.35. The second kappa shape index (κ2) is 6.23. The zero-order chi connectivity index (χ0) is 12.9. The van der Waals surface area contributed by atoms with Gasteiger partial charge in [0.05, 0.1) is 0 Å². The lowest BCUT2D eigenvalue weighted by Crippen LogP contribution is -2.24. The third-order valence-electron chi connectivity index (χ3n) is 3.72. The van der Waals surface area contributed by atoms with Gasteiger partial charge in [0.1, 0.15) is 0 Å². The molecule has 1 aromatic carbocycles. The molecule has 0 saturated carbocycles. The molecule has 1 atom stereocenters. The Labute approximate surface area is 107 Å². The molecule has 0 heteroatoms. The van der Waals surface area contributed by atoms with Gasteiger partial charge in [-0.15, -0.1) is 0 Å². The lowest BCUT2D eigenvalue weighted by Gasteiger charge is -2.32. The summed E-state index contributed by atoms with van der Waals surface area (Å²) in [5, 5.41) is 0.